The Labute approximate surface area is 125 Å². The molecule has 0 atom stereocenters. The predicted molar refractivity (Wildman–Crippen MR) is 77.0 cm³/mol. The van der Waals surface area contributed by atoms with Crippen LogP contribution in [0.1, 0.15) is 22.8 Å². The normalized spacial score (nSPS) is 11.4. The number of hydrazone groups is 1. The van der Waals surface area contributed by atoms with Crippen LogP contribution in [0.5, 0.6) is 5.75 Å². The van der Waals surface area contributed by atoms with Crippen LogP contribution in [0, 0.1) is 0 Å². The first-order valence-electron chi connectivity index (χ1n) is 6.36. The van der Waals surface area contributed by atoms with Gasteiger partial charge >= 0.3 is 6.61 Å². The molecule has 0 aliphatic carbocycles. The van der Waals surface area contributed by atoms with Crippen LogP contribution >= 0.6 is 0 Å². The smallest absolute Gasteiger partial charge is 0.387 e. The number of amides is 1. The highest BCUT2D eigenvalue weighted by Gasteiger charge is 2.06. The van der Waals surface area contributed by atoms with E-state index in [1.165, 1.54) is 18.3 Å². The fourth-order valence-electron chi connectivity index (χ4n) is 1.64. The number of ether oxygens (including phenoxy) is 1. The molecule has 5 nitrogen and oxygen atoms in total. The van der Waals surface area contributed by atoms with E-state index in [9.17, 15) is 13.6 Å². The van der Waals surface area contributed by atoms with Gasteiger partial charge in [0.25, 0.3) is 5.91 Å². The number of nitrogens with one attached hydrogen (secondary N) is 1. The summed E-state index contributed by atoms with van der Waals surface area (Å²) < 4.78 is 28.4. The molecule has 1 aromatic carbocycles. The Kier molecular flexibility index (Phi) is 5.13. The van der Waals surface area contributed by atoms with Gasteiger partial charge in [-0.15, -0.1) is 0 Å². The summed E-state index contributed by atoms with van der Waals surface area (Å²) in [5.74, 6) is -0.323. The van der Waals surface area contributed by atoms with Gasteiger partial charge in [-0.25, -0.2) is 5.43 Å². The van der Waals surface area contributed by atoms with Crippen LogP contribution in [0.25, 0.3) is 0 Å². The largest absolute Gasteiger partial charge is 0.435 e. The SMILES string of the molecule is C/C(=N/NC(=O)c1cccnc1)c1ccc(OC(F)F)cc1. The maximum absolute atomic E-state index is 12.1. The second-order valence-corrected chi connectivity index (χ2v) is 4.28. The zero-order chi connectivity index (χ0) is 15.9. The number of aromatic nitrogens is 1. The third-order valence-corrected chi connectivity index (χ3v) is 2.75. The molecule has 7 heteroatoms. The third kappa shape index (κ3) is 4.34. The molecule has 0 spiro atoms. The van der Waals surface area contributed by atoms with Crippen molar-refractivity contribution in [2.24, 2.45) is 5.10 Å². The molecular formula is C15H13F2N3O2. The minimum Gasteiger partial charge on any atom is -0.435 e. The maximum Gasteiger partial charge on any atom is 0.387 e. The second-order valence-electron chi connectivity index (χ2n) is 4.28. The van der Waals surface area contributed by atoms with Gasteiger partial charge < -0.3 is 4.74 Å². The number of nitrogens with zero attached hydrogens (tertiary/aromatic N) is 2. The molecule has 0 unspecified atom stereocenters. The highest BCUT2D eigenvalue weighted by molar-refractivity contribution is 6.00. The third-order valence-electron chi connectivity index (χ3n) is 2.75. The molecule has 1 heterocycles. The van der Waals surface area contributed by atoms with Crippen molar-refractivity contribution in [2.75, 3.05) is 0 Å². The van der Waals surface area contributed by atoms with E-state index in [-0.39, 0.29) is 11.7 Å². The lowest BCUT2D eigenvalue weighted by Crippen LogP contribution is -2.19. The van der Waals surface area contributed by atoms with Crippen molar-refractivity contribution < 1.29 is 18.3 Å². The highest BCUT2D eigenvalue weighted by atomic mass is 19.3. The lowest BCUT2D eigenvalue weighted by molar-refractivity contribution is -0.0498. The maximum atomic E-state index is 12.1. The molecule has 2 aromatic rings. The van der Waals surface area contributed by atoms with E-state index in [1.807, 2.05) is 0 Å². The van der Waals surface area contributed by atoms with Gasteiger partial charge in [0.2, 0.25) is 0 Å². The number of carbonyl (C=O) groups is 1. The van der Waals surface area contributed by atoms with E-state index in [0.29, 0.717) is 16.8 Å². The van der Waals surface area contributed by atoms with Crippen LogP contribution < -0.4 is 10.2 Å². The summed E-state index contributed by atoms with van der Waals surface area (Å²) in [4.78, 5) is 15.6. The van der Waals surface area contributed by atoms with E-state index in [4.69, 9.17) is 0 Å². The summed E-state index contributed by atoms with van der Waals surface area (Å²) in [6.07, 6.45) is 2.99. The Morgan fingerprint density at radius 2 is 1.95 bits per heavy atom. The summed E-state index contributed by atoms with van der Waals surface area (Å²) in [6, 6.07) is 9.23. The molecule has 0 bridgehead atoms. The summed E-state index contributed by atoms with van der Waals surface area (Å²) in [5.41, 5.74) is 3.99. The second kappa shape index (κ2) is 7.26. The predicted octanol–water partition coefficient (Wildman–Crippen LogP) is 2.84. The molecule has 22 heavy (non-hydrogen) atoms. The van der Waals surface area contributed by atoms with Gasteiger partial charge in [-0.05, 0) is 48.9 Å². The molecule has 0 saturated carbocycles. The van der Waals surface area contributed by atoms with Gasteiger partial charge in [0.15, 0.2) is 0 Å². The van der Waals surface area contributed by atoms with E-state index in [1.54, 1.807) is 37.4 Å². The Hall–Kier alpha value is -2.83. The summed E-state index contributed by atoms with van der Waals surface area (Å²) >= 11 is 0. The zero-order valence-corrected chi connectivity index (χ0v) is 11.7. The van der Waals surface area contributed by atoms with Crippen molar-refractivity contribution in [1.82, 2.24) is 10.4 Å². The molecule has 2 rings (SSSR count). The first kappa shape index (κ1) is 15.6. The molecule has 0 fully saturated rings. The number of benzene rings is 1. The van der Waals surface area contributed by atoms with E-state index in [0.717, 1.165) is 0 Å². The molecule has 1 N–H and O–H groups in total. The molecule has 1 aromatic heterocycles. The Balaban J connectivity index is 2.01. The monoisotopic (exact) mass is 305 g/mol. The number of rotatable bonds is 5. The minimum absolute atomic E-state index is 0.0611. The van der Waals surface area contributed by atoms with Gasteiger partial charge in [-0.1, -0.05) is 0 Å². The van der Waals surface area contributed by atoms with Gasteiger partial charge in [-0.3, -0.25) is 9.78 Å². The van der Waals surface area contributed by atoms with Gasteiger partial charge in [-0.2, -0.15) is 13.9 Å². The molecular weight excluding hydrogens is 292 g/mol. The summed E-state index contributed by atoms with van der Waals surface area (Å²) in [7, 11) is 0. The number of alkyl halides is 2. The lowest BCUT2D eigenvalue weighted by Gasteiger charge is -2.06. The van der Waals surface area contributed by atoms with Crippen molar-refractivity contribution >= 4 is 11.6 Å². The van der Waals surface area contributed by atoms with Crippen molar-refractivity contribution in [3.05, 3.63) is 59.9 Å². The first-order valence-corrected chi connectivity index (χ1v) is 6.36. The Morgan fingerprint density at radius 3 is 2.55 bits per heavy atom. The number of pyridine rings is 1. The average Bonchev–Trinajstić information content (AvgIpc) is 2.53. The average molecular weight is 305 g/mol. The number of hydrogen-bond donors (Lipinski definition) is 1. The Bertz CT molecular complexity index is 658. The summed E-state index contributed by atoms with van der Waals surface area (Å²) in [5, 5.41) is 3.96. The fourth-order valence-corrected chi connectivity index (χ4v) is 1.64. The van der Waals surface area contributed by atoms with Crippen molar-refractivity contribution in [3.63, 3.8) is 0 Å². The topological polar surface area (TPSA) is 63.6 Å². The molecule has 0 aliphatic heterocycles. The molecule has 0 aliphatic rings. The van der Waals surface area contributed by atoms with E-state index >= 15 is 0 Å². The molecule has 0 radical (unpaired) electrons. The van der Waals surface area contributed by atoms with E-state index in [2.05, 4.69) is 20.2 Å². The fraction of sp³-hybridized carbons (Fsp3) is 0.133. The van der Waals surface area contributed by atoms with Crippen LogP contribution in [0.4, 0.5) is 8.78 Å². The molecule has 0 saturated heterocycles. The minimum atomic E-state index is -2.86. The summed E-state index contributed by atoms with van der Waals surface area (Å²) in [6.45, 7) is -1.17. The number of halogens is 2. The van der Waals surface area contributed by atoms with Crippen LogP contribution in [-0.2, 0) is 0 Å². The van der Waals surface area contributed by atoms with Crippen LogP contribution in [0.3, 0.4) is 0 Å². The highest BCUT2D eigenvalue weighted by Crippen LogP contribution is 2.15. The van der Waals surface area contributed by atoms with Crippen LogP contribution in [-0.4, -0.2) is 23.2 Å². The first-order chi connectivity index (χ1) is 10.6. The zero-order valence-electron chi connectivity index (χ0n) is 11.7. The van der Waals surface area contributed by atoms with E-state index < -0.39 is 6.61 Å². The quantitative estimate of drug-likeness (QED) is 0.682. The van der Waals surface area contributed by atoms with Crippen molar-refractivity contribution in [1.29, 1.82) is 0 Å². The van der Waals surface area contributed by atoms with Crippen LogP contribution in [0.2, 0.25) is 0 Å². The molecule has 114 valence electrons. The lowest BCUT2D eigenvalue weighted by atomic mass is 10.1. The van der Waals surface area contributed by atoms with Gasteiger partial charge in [0, 0.05) is 12.4 Å². The van der Waals surface area contributed by atoms with Gasteiger partial charge in [0.1, 0.15) is 5.75 Å². The standard InChI is InChI=1S/C15H13F2N3O2/c1-10(11-4-6-13(7-5-11)22-15(16)17)19-20-14(21)12-3-2-8-18-9-12/h2-9,15H,1H3,(H,20,21)/b19-10-. The van der Waals surface area contributed by atoms with Crippen molar-refractivity contribution in [3.8, 4) is 5.75 Å². The van der Waals surface area contributed by atoms with Crippen LogP contribution in [0.15, 0.2) is 53.9 Å². The molecule has 1 amide bonds. The van der Waals surface area contributed by atoms with Crippen molar-refractivity contribution in [2.45, 2.75) is 13.5 Å². The number of carbonyl (C=O) groups excluding carboxylic acids is 1. The number of hydrogen-bond acceptors (Lipinski definition) is 4. The van der Waals surface area contributed by atoms with Gasteiger partial charge in [0.05, 0.1) is 11.3 Å². The Morgan fingerprint density at radius 1 is 1.23 bits per heavy atom.